The van der Waals surface area contributed by atoms with Gasteiger partial charge in [-0.05, 0) is 86.3 Å². The maximum absolute atomic E-state index is 9.48. The van der Waals surface area contributed by atoms with E-state index < -0.39 is 0 Å². The molecule has 154 valence electrons. The number of phenolic OH excluding ortho intramolecular Hbond substituents is 1. The van der Waals surface area contributed by atoms with E-state index in [4.69, 9.17) is 0 Å². The normalized spacial score (nSPS) is 12.4. The molecule has 30 heavy (non-hydrogen) atoms. The molecular formula is C26H27BrN2O. The molecule has 1 aromatic heterocycles. The number of fused-ring (bicyclic) bond motifs is 1. The number of hydrogen-bond donors (Lipinski definition) is 3. The van der Waals surface area contributed by atoms with Gasteiger partial charge in [-0.3, -0.25) is 0 Å². The Morgan fingerprint density at radius 3 is 2.60 bits per heavy atom. The fourth-order valence-corrected chi connectivity index (χ4v) is 4.38. The number of hydrogen-bond acceptors (Lipinski definition) is 2. The van der Waals surface area contributed by atoms with E-state index in [1.807, 2.05) is 12.1 Å². The van der Waals surface area contributed by atoms with Crippen molar-refractivity contribution in [3.8, 4) is 17.0 Å². The third-order valence-electron chi connectivity index (χ3n) is 5.62. The SMILES string of the molecule is Cc1ccc2[nH]c(-c3cccc(Br)c3)c(CCCNC(C)c3ccc(O)cc3)c2c1. The molecule has 0 radical (unpaired) electrons. The molecule has 1 unspecified atom stereocenters. The first-order valence-electron chi connectivity index (χ1n) is 10.4. The van der Waals surface area contributed by atoms with Gasteiger partial charge in [-0.1, -0.05) is 51.8 Å². The summed E-state index contributed by atoms with van der Waals surface area (Å²) in [6.45, 7) is 5.24. The second-order valence-electron chi connectivity index (χ2n) is 7.91. The van der Waals surface area contributed by atoms with Crippen LogP contribution < -0.4 is 5.32 Å². The zero-order chi connectivity index (χ0) is 21.1. The minimum Gasteiger partial charge on any atom is -0.508 e. The molecule has 0 bridgehead atoms. The average Bonchev–Trinajstić information content (AvgIpc) is 3.09. The van der Waals surface area contributed by atoms with Gasteiger partial charge in [0.15, 0.2) is 0 Å². The second kappa shape index (κ2) is 9.07. The van der Waals surface area contributed by atoms with E-state index in [-0.39, 0.29) is 6.04 Å². The van der Waals surface area contributed by atoms with Crippen LogP contribution in [-0.4, -0.2) is 16.6 Å². The predicted octanol–water partition coefficient (Wildman–Crippen LogP) is 6.89. The lowest BCUT2D eigenvalue weighted by molar-refractivity contribution is 0.474. The van der Waals surface area contributed by atoms with E-state index >= 15 is 0 Å². The van der Waals surface area contributed by atoms with Gasteiger partial charge in [0, 0.05) is 27.1 Å². The lowest BCUT2D eigenvalue weighted by Gasteiger charge is -2.14. The summed E-state index contributed by atoms with van der Waals surface area (Å²) in [6.07, 6.45) is 2.05. The summed E-state index contributed by atoms with van der Waals surface area (Å²) in [6, 6.07) is 22.8. The Morgan fingerprint density at radius 2 is 1.83 bits per heavy atom. The van der Waals surface area contributed by atoms with Gasteiger partial charge < -0.3 is 15.4 Å². The van der Waals surface area contributed by atoms with Crippen molar-refractivity contribution in [1.82, 2.24) is 10.3 Å². The van der Waals surface area contributed by atoms with Gasteiger partial charge in [0.25, 0.3) is 0 Å². The number of benzene rings is 3. The van der Waals surface area contributed by atoms with Gasteiger partial charge in [0.2, 0.25) is 0 Å². The first-order chi connectivity index (χ1) is 14.5. The van der Waals surface area contributed by atoms with E-state index in [1.165, 1.54) is 38.9 Å². The number of rotatable bonds is 7. The molecule has 3 N–H and O–H groups in total. The molecular weight excluding hydrogens is 436 g/mol. The molecule has 0 aliphatic heterocycles. The van der Waals surface area contributed by atoms with E-state index in [0.29, 0.717) is 5.75 Å². The minimum absolute atomic E-state index is 0.250. The molecule has 0 amide bonds. The van der Waals surface area contributed by atoms with E-state index in [2.05, 4.69) is 82.5 Å². The highest BCUT2D eigenvalue weighted by Gasteiger charge is 2.14. The zero-order valence-corrected chi connectivity index (χ0v) is 19.0. The van der Waals surface area contributed by atoms with Crippen LogP contribution in [0.25, 0.3) is 22.2 Å². The summed E-state index contributed by atoms with van der Waals surface area (Å²) in [5.41, 5.74) is 7.46. The van der Waals surface area contributed by atoms with Crippen LogP contribution in [0.15, 0.2) is 71.2 Å². The maximum Gasteiger partial charge on any atom is 0.115 e. The van der Waals surface area contributed by atoms with Crippen molar-refractivity contribution in [3.05, 3.63) is 87.9 Å². The number of H-pyrrole nitrogens is 1. The van der Waals surface area contributed by atoms with Gasteiger partial charge in [-0.15, -0.1) is 0 Å². The van der Waals surface area contributed by atoms with Crippen LogP contribution in [0.5, 0.6) is 5.75 Å². The number of aromatic nitrogens is 1. The quantitative estimate of drug-likeness (QED) is 0.261. The fraction of sp³-hybridized carbons (Fsp3) is 0.231. The molecule has 0 saturated heterocycles. The molecule has 4 aromatic rings. The predicted molar refractivity (Wildman–Crippen MR) is 129 cm³/mol. The van der Waals surface area contributed by atoms with Crippen molar-refractivity contribution >= 4 is 26.8 Å². The monoisotopic (exact) mass is 462 g/mol. The largest absolute Gasteiger partial charge is 0.508 e. The van der Waals surface area contributed by atoms with Crippen LogP contribution in [0, 0.1) is 6.92 Å². The molecule has 0 aliphatic carbocycles. The van der Waals surface area contributed by atoms with Crippen molar-refractivity contribution in [2.24, 2.45) is 0 Å². The topological polar surface area (TPSA) is 48.0 Å². The van der Waals surface area contributed by atoms with Gasteiger partial charge in [0.05, 0.1) is 0 Å². The lowest BCUT2D eigenvalue weighted by Crippen LogP contribution is -2.20. The smallest absolute Gasteiger partial charge is 0.115 e. The molecule has 1 atom stereocenters. The third-order valence-corrected chi connectivity index (χ3v) is 6.12. The van der Waals surface area contributed by atoms with Gasteiger partial charge in [-0.2, -0.15) is 0 Å². The van der Waals surface area contributed by atoms with E-state index in [1.54, 1.807) is 12.1 Å². The summed E-state index contributed by atoms with van der Waals surface area (Å²) in [5, 5.41) is 14.4. The fourth-order valence-electron chi connectivity index (χ4n) is 3.98. The summed E-state index contributed by atoms with van der Waals surface area (Å²) in [7, 11) is 0. The molecule has 3 aromatic carbocycles. The number of aromatic amines is 1. The molecule has 3 nitrogen and oxygen atoms in total. The van der Waals surface area contributed by atoms with E-state index in [0.717, 1.165) is 23.9 Å². The second-order valence-corrected chi connectivity index (χ2v) is 8.82. The van der Waals surface area contributed by atoms with Crippen molar-refractivity contribution in [2.75, 3.05) is 6.54 Å². The lowest BCUT2D eigenvalue weighted by atomic mass is 10.00. The molecule has 0 fully saturated rings. The molecule has 4 heteroatoms. The summed E-state index contributed by atoms with van der Waals surface area (Å²) >= 11 is 3.61. The number of phenols is 1. The van der Waals surface area contributed by atoms with Crippen LogP contribution in [0.2, 0.25) is 0 Å². The highest BCUT2D eigenvalue weighted by molar-refractivity contribution is 9.10. The molecule has 0 spiro atoms. The van der Waals surface area contributed by atoms with E-state index in [9.17, 15) is 5.11 Å². The minimum atomic E-state index is 0.250. The zero-order valence-electron chi connectivity index (χ0n) is 17.4. The van der Waals surface area contributed by atoms with Gasteiger partial charge >= 0.3 is 0 Å². The van der Waals surface area contributed by atoms with Crippen molar-refractivity contribution < 1.29 is 5.11 Å². The summed E-state index contributed by atoms with van der Waals surface area (Å²) in [4.78, 5) is 3.65. The van der Waals surface area contributed by atoms with Crippen LogP contribution in [0.4, 0.5) is 0 Å². The Labute approximate surface area is 186 Å². The molecule has 0 saturated carbocycles. The third kappa shape index (κ3) is 4.61. The van der Waals surface area contributed by atoms with Crippen LogP contribution in [-0.2, 0) is 6.42 Å². The van der Waals surface area contributed by atoms with Crippen molar-refractivity contribution in [1.29, 1.82) is 0 Å². The van der Waals surface area contributed by atoms with Crippen LogP contribution in [0.1, 0.15) is 36.1 Å². The summed E-state index contributed by atoms with van der Waals surface area (Å²) in [5.74, 6) is 0.306. The number of aryl methyl sites for hydroxylation is 2. The average molecular weight is 463 g/mol. The van der Waals surface area contributed by atoms with Crippen molar-refractivity contribution in [3.63, 3.8) is 0 Å². The maximum atomic E-state index is 9.48. The number of nitrogens with one attached hydrogen (secondary N) is 2. The summed E-state index contributed by atoms with van der Waals surface area (Å²) < 4.78 is 1.09. The highest BCUT2D eigenvalue weighted by Crippen LogP contribution is 2.33. The van der Waals surface area contributed by atoms with Gasteiger partial charge in [-0.25, -0.2) is 0 Å². The standard InChI is InChI=1S/C26H27BrN2O/c1-17-8-13-25-24(15-17)23(26(29-25)20-5-3-6-21(27)16-20)7-4-14-28-18(2)19-9-11-22(30)12-10-19/h3,5-6,8-13,15-16,18,28-30H,4,7,14H2,1-2H3. The van der Waals surface area contributed by atoms with Crippen LogP contribution >= 0.6 is 15.9 Å². The highest BCUT2D eigenvalue weighted by atomic mass is 79.9. The van der Waals surface area contributed by atoms with Crippen LogP contribution in [0.3, 0.4) is 0 Å². The molecule has 1 heterocycles. The Morgan fingerprint density at radius 1 is 1.03 bits per heavy atom. The Hall–Kier alpha value is -2.56. The first-order valence-corrected chi connectivity index (χ1v) is 11.2. The van der Waals surface area contributed by atoms with Gasteiger partial charge in [0.1, 0.15) is 5.75 Å². The first kappa shape index (κ1) is 20.7. The Kier molecular flexibility index (Phi) is 6.26. The Balaban J connectivity index is 1.52. The molecule has 4 rings (SSSR count). The number of aromatic hydroxyl groups is 1. The Bertz CT molecular complexity index is 1150. The number of halogens is 1. The molecule has 0 aliphatic rings. The van der Waals surface area contributed by atoms with Crippen molar-refractivity contribution in [2.45, 2.75) is 32.7 Å².